The van der Waals surface area contributed by atoms with Gasteiger partial charge in [0.25, 0.3) is 0 Å². The minimum atomic E-state index is -4.45. The largest absolute Gasteiger partial charge is 0.505 e. The van der Waals surface area contributed by atoms with Crippen molar-refractivity contribution >= 4 is 66.5 Å². The molecule has 262 valence electrons. The fourth-order valence-corrected chi connectivity index (χ4v) is 9.27. The maximum absolute atomic E-state index is 13.9. The smallest absolute Gasteiger partial charge is 0.247 e. The van der Waals surface area contributed by atoms with Crippen LogP contribution in [0, 0.1) is 11.6 Å². The van der Waals surface area contributed by atoms with E-state index >= 15 is 0 Å². The molecule has 5 rings (SSSR count). The average molecular weight is 803 g/mol. The predicted octanol–water partition coefficient (Wildman–Crippen LogP) is 8.77. The van der Waals surface area contributed by atoms with Gasteiger partial charge >= 0.3 is 0 Å². The Morgan fingerprint density at radius 1 is 0.480 bits per heavy atom. The highest BCUT2D eigenvalue weighted by molar-refractivity contribution is 7.89. The first kappa shape index (κ1) is 37.8. The van der Waals surface area contributed by atoms with E-state index in [-0.39, 0.29) is 46.3 Å². The summed E-state index contributed by atoms with van der Waals surface area (Å²) in [5.41, 5.74) is 1.84. The Labute approximate surface area is 307 Å². The minimum Gasteiger partial charge on any atom is -0.505 e. The molecule has 0 amide bonds. The third-order valence-electron chi connectivity index (χ3n) is 7.51. The van der Waals surface area contributed by atoms with Crippen molar-refractivity contribution in [1.29, 1.82) is 0 Å². The topological polar surface area (TPSA) is 115 Å². The van der Waals surface area contributed by atoms with E-state index in [1.54, 1.807) is 24.3 Å². The zero-order chi connectivity index (χ0) is 36.4. The molecule has 0 saturated carbocycles. The molecule has 0 radical (unpaired) electrons. The molecular weight excluding hydrogens is 776 g/mol. The van der Waals surface area contributed by atoms with E-state index in [1.807, 2.05) is 0 Å². The molecule has 0 fully saturated rings. The van der Waals surface area contributed by atoms with Crippen LogP contribution >= 0.6 is 46.4 Å². The molecule has 0 aliphatic rings. The average Bonchev–Trinajstić information content (AvgIpc) is 3.06. The van der Waals surface area contributed by atoms with Crippen molar-refractivity contribution in [1.82, 2.24) is 8.61 Å². The summed E-state index contributed by atoms with van der Waals surface area (Å²) in [4.78, 5) is -1.06. The number of hydrogen-bond donors (Lipinski definition) is 2. The lowest BCUT2D eigenvalue weighted by molar-refractivity contribution is 0.391. The lowest BCUT2D eigenvalue weighted by Gasteiger charge is -2.25. The van der Waals surface area contributed by atoms with E-state index in [4.69, 9.17) is 46.4 Å². The zero-order valence-electron chi connectivity index (χ0n) is 25.6. The molecule has 0 saturated heterocycles. The van der Waals surface area contributed by atoms with Gasteiger partial charge in [-0.15, -0.1) is 0 Å². The van der Waals surface area contributed by atoms with Crippen molar-refractivity contribution in [2.75, 3.05) is 0 Å². The molecule has 5 aromatic rings. The number of hydrogen-bond acceptors (Lipinski definition) is 6. The second-order valence-corrected chi connectivity index (χ2v) is 16.6. The van der Waals surface area contributed by atoms with E-state index in [2.05, 4.69) is 0 Å². The highest BCUT2D eigenvalue weighted by atomic mass is 35.5. The minimum absolute atomic E-state index is 0.0223. The second kappa shape index (κ2) is 15.4. The van der Waals surface area contributed by atoms with Gasteiger partial charge in [-0.25, -0.2) is 25.6 Å². The first-order chi connectivity index (χ1) is 23.5. The molecule has 8 nitrogen and oxygen atoms in total. The van der Waals surface area contributed by atoms with Gasteiger partial charge in [0.15, 0.2) is 11.5 Å². The van der Waals surface area contributed by atoms with Gasteiger partial charge in [-0.1, -0.05) is 94.9 Å². The number of rotatable bonds is 12. The van der Waals surface area contributed by atoms with Gasteiger partial charge in [0.05, 0.1) is 10.0 Å². The summed E-state index contributed by atoms with van der Waals surface area (Å²) >= 11 is 24.2. The number of aromatic hydroxyl groups is 2. The second-order valence-electron chi connectivity index (χ2n) is 11.1. The SMILES string of the molecule is O=S(=O)(c1cc(Cl)cc(Cl)c1O)N(Cc1ccc(F)cc1)Cc1ccc(CN(Cc2ccc(F)cc2)S(=O)(=O)c2cc(Cl)cc(Cl)c2O)cc1. The number of sulfonamides is 2. The van der Waals surface area contributed by atoms with Gasteiger partial charge in [-0.05, 0) is 70.8 Å². The first-order valence-corrected chi connectivity index (χ1v) is 18.9. The maximum Gasteiger partial charge on any atom is 0.247 e. The number of nitrogens with zero attached hydrogens (tertiary/aromatic N) is 2. The Hall–Kier alpha value is -3.46. The van der Waals surface area contributed by atoms with Crippen LogP contribution < -0.4 is 0 Å². The summed E-state index contributed by atoms with van der Waals surface area (Å²) in [5.74, 6) is -2.40. The molecule has 50 heavy (non-hydrogen) atoms. The van der Waals surface area contributed by atoms with Gasteiger partial charge in [-0.2, -0.15) is 8.61 Å². The van der Waals surface area contributed by atoms with Crippen LogP contribution in [-0.2, 0) is 46.2 Å². The summed E-state index contributed by atoms with van der Waals surface area (Å²) < 4.78 is 85.0. The highest BCUT2D eigenvalue weighted by Gasteiger charge is 2.31. The summed E-state index contributed by atoms with van der Waals surface area (Å²) in [6, 6.07) is 21.3. The fraction of sp³-hybridized carbons (Fsp3) is 0.118. The normalized spacial score (nSPS) is 12.2. The Morgan fingerprint density at radius 3 is 1.02 bits per heavy atom. The number of phenolic OH excluding ortho intramolecular Hbond substituents is 2. The fourth-order valence-electron chi connectivity index (χ4n) is 4.95. The summed E-state index contributed by atoms with van der Waals surface area (Å²) in [6.45, 7) is -0.890. The third kappa shape index (κ3) is 8.70. The van der Waals surface area contributed by atoms with E-state index in [0.717, 1.165) is 20.7 Å². The zero-order valence-corrected chi connectivity index (χ0v) is 30.2. The molecule has 16 heteroatoms. The standard InChI is InChI=1S/C34H26Cl4F2N2O6S2/c35-25-13-29(37)33(43)31(15-25)49(45,46)41(19-23-5-9-27(39)10-6-23)17-21-1-2-22(4-3-21)18-42(20-24-7-11-28(40)12-8-24)50(47,48)32-16-26(36)14-30(38)34(32)44/h1-16,43-44H,17-20H2. The van der Waals surface area contributed by atoms with Crippen molar-refractivity contribution < 1.29 is 35.8 Å². The van der Waals surface area contributed by atoms with E-state index in [9.17, 15) is 35.8 Å². The van der Waals surface area contributed by atoms with Crippen molar-refractivity contribution in [3.05, 3.63) is 151 Å². The van der Waals surface area contributed by atoms with Crippen LogP contribution in [0.25, 0.3) is 0 Å². The third-order valence-corrected chi connectivity index (χ3v) is 12.1. The maximum atomic E-state index is 13.9. The molecule has 0 unspecified atom stereocenters. The van der Waals surface area contributed by atoms with Crippen LogP contribution in [0.2, 0.25) is 20.1 Å². The van der Waals surface area contributed by atoms with E-state index < -0.39 is 53.0 Å². The van der Waals surface area contributed by atoms with Gasteiger partial charge in [0.2, 0.25) is 20.0 Å². The van der Waals surface area contributed by atoms with Crippen molar-refractivity contribution in [3.8, 4) is 11.5 Å². The Bertz CT molecular complexity index is 2080. The van der Waals surface area contributed by atoms with Crippen LogP contribution in [0.1, 0.15) is 22.3 Å². The first-order valence-electron chi connectivity index (χ1n) is 14.5. The van der Waals surface area contributed by atoms with Crippen LogP contribution in [0.4, 0.5) is 8.78 Å². The van der Waals surface area contributed by atoms with Crippen LogP contribution in [0.3, 0.4) is 0 Å². The Kier molecular flexibility index (Phi) is 11.7. The lowest BCUT2D eigenvalue weighted by Crippen LogP contribution is -2.31. The monoisotopic (exact) mass is 800 g/mol. The molecule has 0 atom stereocenters. The highest BCUT2D eigenvalue weighted by Crippen LogP contribution is 2.38. The summed E-state index contributed by atoms with van der Waals surface area (Å²) in [5, 5.41) is 20.5. The van der Waals surface area contributed by atoms with Gasteiger partial charge in [0.1, 0.15) is 21.4 Å². The quantitative estimate of drug-likeness (QED) is 0.130. The molecule has 5 aromatic carbocycles. The molecular formula is C34H26Cl4F2N2O6S2. The number of benzene rings is 5. The van der Waals surface area contributed by atoms with Gasteiger partial charge in [0, 0.05) is 36.2 Å². The Morgan fingerprint density at radius 2 is 0.740 bits per heavy atom. The summed E-state index contributed by atoms with van der Waals surface area (Å²) in [7, 11) is -8.90. The van der Waals surface area contributed by atoms with Crippen molar-refractivity contribution in [2.45, 2.75) is 36.0 Å². The molecule has 0 spiro atoms. The van der Waals surface area contributed by atoms with Crippen molar-refractivity contribution in [2.24, 2.45) is 0 Å². The predicted molar refractivity (Wildman–Crippen MR) is 188 cm³/mol. The molecule has 0 aromatic heterocycles. The van der Waals surface area contributed by atoms with Crippen molar-refractivity contribution in [3.63, 3.8) is 0 Å². The van der Waals surface area contributed by atoms with Gasteiger partial charge in [-0.3, -0.25) is 0 Å². The van der Waals surface area contributed by atoms with Crippen LogP contribution in [0.15, 0.2) is 107 Å². The molecule has 0 bridgehead atoms. The molecule has 0 heterocycles. The van der Waals surface area contributed by atoms with Crippen LogP contribution in [-0.4, -0.2) is 35.7 Å². The number of halogens is 6. The molecule has 0 aliphatic carbocycles. The number of phenols is 2. The molecule has 2 N–H and O–H groups in total. The summed E-state index contributed by atoms with van der Waals surface area (Å²) in [6.07, 6.45) is 0. The van der Waals surface area contributed by atoms with Crippen LogP contribution in [0.5, 0.6) is 11.5 Å². The Balaban J connectivity index is 1.48. The van der Waals surface area contributed by atoms with E-state index in [1.165, 1.54) is 60.7 Å². The van der Waals surface area contributed by atoms with E-state index in [0.29, 0.717) is 22.3 Å². The van der Waals surface area contributed by atoms with Gasteiger partial charge < -0.3 is 10.2 Å². The molecule has 0 aliphatic heterocycles. The lowest BCUT2D eigenvalue weighted by atomic mass is 10.1.